The minimum Gasteiger partial charge on any atom is -0.411 e. The first-order valence-corrected chi connectivity index (χ1v) is 3.86. The van der Waals surface area contributed by atoms with Crippen molar-refractivity contribution in [3.63, 3.8) is 0 Å². The largest absolute Gasteiger partial charge is 2.00 e. The first-order valence-electron chi connectivity index (χ1n) is 2.23. The van der Waals surface area contributed by atoms with Crippen molar-refractivity contribution in [2.45, 2.75) is 0 Å². The zero-order valence-corrected chi connectivity index (χ0v) is 11.0. The van der Waals surface area contributed by atoms with Crippen molar-refractivity contribution < 1.29 is 0 Å². The predicted octanol–water partition coefficient (Wildman–Crippen LogP) is -0.0804. The third-order valence-corrected chi connectivity index (χ3v) is 0.957. The summed E-state index contributed by atoms with van der Waals surface area (Å²) in [5.41, 5.74) is 0. The van der Waals surface area contributed by atoms with E-state index in [1.54, 1.807) is 0 Å². The third-order valence-electron chi connectivity index (χ3n) is 0.486. The van der Waals surface area contributed by atoms with Gasteiger partial charge in [0.05, 0.1) is 0 Å². The van der Waals surface area contributed by atoms with Crippen LogP contribution in [0.15, 0.2) is 12.4 Å². The second-order valence-electron chi connectivity index (χ2n) is 1.20. The van der Waals surface area contributed by atoms with Crippen molar-refractivity contribution in [2.75, 3.05) is 0 Å². The van der Waals surface area contributed by atoms with Gasteiger partial charge in [0.2, 0.25) is 0 Å². The minimum atomic E-state index is 0. The molecule has 0 amide bonds. The Morgan fingerprint density at radius 2 is 1.27 bits per heavy atom. The molecule has 0 saturated heterocycles. The molecular weight excluding hydrogens is 244 g/mol. The van der Waals surface area contributed by atoms with Gasteiger partial charge in [-0.1, -0.05) is 8.64 Å². The molecule has 7 heteroatoms. The Kier molecular flexibility index (Phi) is 12.5. The van der Waals surface area contributed by atoms with Crippen molar-refractivity contribution in [1.29, 1.82) is 0 Å². The molecule has 0 unspecified atom stereocenters. The summed E-state index contributed by atoms with van der Waals surface area (Å²) in [5.74, 6) is 0. The Morgan fingerprint density at radius 1 is 1.00 bits per heavy atom. The van der Waals surface area contributed by atoms with Crippen LogP contribution < -0.4 is 10.6 Å². The van der Waals surface area contributed by atoms with Gasteiger partial charge in [-0.2, -0.15) is 0 Å². The van der Waals surface area contributed by atoms with Crippen LogP contribution in [0.4, 0.5) is 0 Å². The monoisotopic (exact) mass is 248 g/mol. The molecule has 0 aliphatic heterocycles. The molecule has 0 heterocycles. The van der Waals surface area contributed by atoms with Crippen molar-refractivity contribution in [1.82, 2.24) is 10.6 Å². The van der Waals surface area contributed by atoms with Crippen molar-refractivity contribution in [3.8, 4) is 0 Å². The van der Waals surface area contributed by atoms with Crippen molar-refractivity contribution in [3.05, 3.63) is 12.4 Å². The molecule has 0 fully saturated rings. The molecule has 0 rings (SSSR count). The zero-order valence-electron chi connectivity index (χ0n) is 5.49. The number of nitrogens with one attached hydrogen (secondary N) is 2. The van der Waals surface area contributed by atoms with Crippen LogP contribution in [0.2, 0.25) is 0 Å². The first-order chi connectivity index (χ1) is 4.63. The fraction of sp³-hybridized carbons (Fsp3) is 0. The van der Waals surface area contributed by atoms with E-state index in [2.05, 4.69) is 60.3 Å². The second-order valence-corrected chi connectivity index (χ2v) is 3.35. The fourth-order valence-corrected chi connectivity index (χ4v) is 0.492. The number of rotatable bonds is 2. The molecule has 0 spiro atoms. The van der Waals surface area contributed by atoms with E-state index >= 15 is 0 Å². The van der Waals surface area contributed by atoms with Gasteiger partial charge in [-0.05, 0) is 0 Å². The van der Waals surface area contributed by atoms with Crippen LogP contribution in [0.1, 0.15) is 0 Å². The topological polar surface area (TPSA) is 24.1 Å². The molecule has 0 bridgehead atoms. The first kappa shape index (κ1) is 14.7. The standard InChI is InChI=1S/C4H6N2S4.Ca/c7-3(8)5-1-2-6-4(9)10;/h1-2H,(H2,5,7,8)(H2,6,9,10);/q;+2/p-2. The van der Waals surface area contributed by atoms with Gasteiger partial charge < -0.3 is 60.3 Å². The van der Waals surface area contributed by atoms with E-state index in [1.807, 2.05) is 0 Å². The van der Waals surface area contributed by atoms with Crippen LogP contribution in [0, 0.1) is 0 Å². The SMILES string of the molecule is S=C([S-])NC=CNC(=S)[S-].[Ca+2]. The summed E-state index contributed by atoms with van der Waals surface area (Å²) in [6.45, 7) is 0. The van der Waals surface area contributed by atoms with Gasteiger partial charge in [0.15, 0.2) is 0 Å². The van der Waals surface area contributed by atoms with Crippen molar-refractivity contribution in [2.24, 2.45) is 0 Å². The van der Waals surface area contributed by atoms with Crippen LogP contribution in [0.5, 0.6) is 0 Å². The van der Waals surface area contributed by atoms with Gasteiger partial charge in [-0.15, -0.1) is 0 Å². The number of hydrogen-bond acceptors (Lipinski definition) is 4. The summed E-state index contributed by atoms with van der Waals surface area (Å²) >= 11 is 18.2. The molecule has 0 saturated carbocycles. The van der Waals surface area contributed by atoms with Crippen molar-refractivity contribution >= 4 is 96.1 Å². The van der Waals surface area contributed by atoms with Gasteiger partial charge in [0.1, 0.15) is 0 Å². The van der Waals surface area contributed by atoms with Crippen LogP contribution >= 0.6 is 24.4 Å². The van der Waals surface area contributed by atoms with E-state index in [9.17, 15) is 0 Å². The zero-order chi connectivity index (χ0) is 7.98. The van der Waals surface area contributed by atoms with E-state index in [0.29, 0.717) is 0 Å². The molecule has 0 aromatic carbocycles. The molecule has 0 aromatic rings. The van der Waals surface area contributed by atoms with Gasteiger partial charge in [0, 0.05) is 12.4 Å². The summed E-state index contributed by atoms with van der Waals surface area (Å²) in [5, 5.41) is 5.20. The van der Waals surface area contributed by atoms with Crippen LogP contribution in [-0.4, -0.2) is 46.4 Å². The maximum atomic E-state index is 4.54. The number of thiocarbonyl (C=S) groups is 2. The third kappa shape index (κ3) is 14.1. The Hall–Kier alpha value is 1.22. The second kappa shape index (κ2) is 9.31. The molecule has 0 atom stereocenters. The predicted molar refractivity (Wildman–Crippen MR) is 61.1 cm³/mol. The van der Waals surface area contributed by atoms with Crippen LogP contribution in [0.3, 0.4) is 0 Å². The fourth-order valence-electron chi connectivity index (χ4n) is 0.219. The smallest absolute Gasteiger partial charge is 0.411 e. The van der Waals surface area contributed by atoms with Crippen LogP contribution in [0.25, 0.3) is 0 Å². The molecule has 11 heavy (non-hydrogen) atoms. The molecule has 0 radical (unpaired) electrons. The average molecular weight is 248 g/mol. The van der Waals surface area contributed by atoms with E-state index in [4.69, 9.17) is 0 Å². The molecule has 0 aliphatic carbocycles. The van der Waals surface area contributed by atoms with E-state index < -0.39 is 0 Å². The normalized spacial score (nSPS) is 8.36. The molecule has 0 aromatic heterocycles. The molecular formula is C4H4CaN2S4. The summed E-state index contributed by atoms with van der Waals surface area (Å²) in [7, 11) is 0. The van der Waals surface area contributed by atoms with Gasteiger partial charge in [0.25, 0.3) is 0 Å². The maximum absolute atomic E-state index is 4.54. The summed E-state index contributed by atoms with van der Waals surface area (Å²) < 4.78 is 0.571. The summed E-state index contributed by atoms with van der Waals surface area (Å²) in [4.78, 5) is 0. The van der Waals surface area contributed by atoms with Crippen LogP contribution in [-0.2, 0) is 25.3 Å². The molecule has 2 nitrogen and oxygen atoms in total. The Labute approximate surface area is 117 Å². The Morgan fingerprint density at radius 3 is 1.45 bits per heavy atom. The summed E-state index contributed by atoms with van der Waals surface area (Å²) in [6, 6.07) is 0. The molecule has 0 aliphatic rings. The molecule has 2 N–H and O–H groups in total. The Bertz CT molecular complexity index is 151. The van der Waals surface area contributed by atoms with E-state index in [1.165, 1.54) is 12.4 Å². The number of hydrogen-bond donors (Lipinski definition) is 2. The maximum Gasteiger partial charge on any atom is 2.00 e. The Balaban J connectivity index is 0. The van der Waals surface area contributed by atoms with E-state index in [0.717, 1.165) is 0 Å². The quantitative estimate of drug-likeness (QED) is 0.403. The van der Waals surface area contributed by atoms with Gasteiger partial charge >= 0.3 is 37.7 Å². The molecule has 56 valence electrons. The minimum absolute atomic E-state index is 0. The van der Waals surface area contributed by atoms with E-state index in [-0.39, 0.29) is 46.4 Å². The van der Waals surface area contributed by atoms with Gasteiger partial charge in [-0.25, -0.2) is 0 Å². The van der Waals surface area contributed by atoms with Gasteiger partial charge in [-0.3, -0.25) is 0 Å². The average Bonchev–Trinajstić information content (AvgIpc) is 1.79. The summed E-state index contributed by atoms with van der Waals surface area (Å²) in [6.07, 6.45) is 3.07.